The molecule has 2 saturated heterocycles. The summed E-state index contributed by atoms with van der Waals surface area (Å²) in [5.41, 5.74) is 1.61. The van der Waals surface area contributed by atoms with Crippen molar-refractivity contribution in [3.63, 3.8) is 0 Å². The van der Waals surface area contributed by atoms with Crippen molar-refractivity contribution < 1.29 is 28.5 Å². The lowest BCUT2D eigenvalue weighted by Gasteiger charge is -2.34. The van der Waals surface area contributed by atoms with E-state index in [4.69, 9.17) is 71.8 Å². The topological polar surface area (TPSA) is 204 Å². The number of terminal acetylenes is 1. The van der Waals surface area contributed by atoms with Gasteiger partial charge in [0.25, 0.3) is 17.0 Å². The molecule has 20 nitrogen and oxygen atoms in total. The third-order valence-electron chi connectivity index (χ3n) is 13.1. The molecule has 0 spiro atoms. The zero-order valence-electron chi connectivity index (χ0n) is 43.4. The van der Waals surface area contributed by atoms with Crippen molar-refractivity contribution in [2.45, 2.75) is 25.9 Å². The Morgan fingerprint density at radius 2 is 0.987 bits per heavy atom. The van der Waals surface area contributed by atoms with Gasteiger partial charge in [0, 0.05) is 126 Å². The number of pyridine rings is 2. The van der Waals surface area contributed by atoms with Crippen LogP contribution in [0, 0.1) is 12.3 Å². The first kappa shape index (κ1) is 60.1. The normalized spacial score (nSPS) is 13.7. The lowest BCUT2D eigenvalue weighted by Crippen LogP contribution is -2.48. The molecule has 2 N–H and O–H groups in total. The van der Waals surface area contributed by atoms with E-state index in [9.17, 15) is 19.2 Å². The van der Waals surface area contributed by atoms with Gasteiger partial charge in [-0.1, -0.05) is 53.0 Å². The number of fused-ring (bicyclic) bond motifs is 2. The third-order valence-corrected chi connectivity index (χ3v) is 14.6. The minimum Gasteiger partial charge on any atom is -0.495 e. The molecule has 0 aliphatic carbocycles. The summed E-state index contributed by atoms with van der Waals surface area (Å²) in [6, 6.07) is 6.53. The molecule has 0 saturated carbocycles. The lowest BCUT2D eigenvalue weighted by molar-refractivity contribution is -0.128. The Balaban J connectivity index is 0.000000246. The van der Waals surface area contributed by atoms with E-state index in [1.54, 1.807) is 69.7 Å². The zero-order chi connectivity index (χ0) is 54.8. The van der Waals surface area contributed by atoms with Crippen molar-refractivity contribution in [2.75, 3.05) is 119 Å². The lowest BCUT2D eigenvalue weighted by atomic mass is 10.0. The largest absolute Gasteiger partial charge is 0.495 e. The number of piperazine rings is 2. The number of aryl methyl sites for hydroxylation is 2. The van der Waals surface area contributed by atoms with Crippen LogP contribution in [0.25, 0.3) is 44.3 Å². The first-order valence-corrected chi connectivity index (χ1v) is 25.7. The Morgan fingerprint density at radius 3 is 1.31 bits per heavy atom. The third kappa shape index (κ3) is 13.2. The van der Waals surface area contributed by atoms with Crippen molar-refractivity contribution in [1.82, 2.24) is 48.7 Å². The van der Waals surface area contributed by atoms with Crippen molar-refractivity contribution in [3.8, 4) is 57.6 Å². The monoisotopic (exact) mass is 1250 g/mol. The minimum atomic E-state index is -0.304. The second kappa shape index (κ2) is 27.5. The van der Waals surface area contributed by atoms with Gasteiger partial charge in [-0.15, -0.1) is 30.4 Å². The van der Waals surface area contributed by atoms with Gasteiger partial charge in [-0.2, -0.15) is 9.97 Å². The van der Waals surface area contributed by atoms with Crippen molar-refractivity contribution in [2.24, 2.45) is 0 Å². The van der Waals surface area contributed by atoms with Crippen LogP contribution in [-0.4, -0.2) is 168 Å². The molecule has 2 aliphatic heterocycles. The van der Waals surface area contributed by atoms with E-state index in [1.165, 1.54) is 34.5 Å². The number of anilines is 2. The van der Waals surface area contributed by atoms with Crippen LogP contribution in [0.4, 0.5) is 11.9 Å². The average molecular weight is 1250 g/mol. The number of nitrogens with one attached hydrogen (secondary N) is 2. The number of hydrogen-bond donors (Lipinski definition) is 2. The van der Waals surface area contributed by atoms with Crippen molar-refractivity contribution >= 4 is 116 Å². The van der Waals surface area contributed by atoms with E-state index in [-0.39, 0.29) is 72.6 Å². The van der Waals surface area contributed by atoms with Gasteiger partial charge in [-0.25, -0.2) is 9.97 Å². The molecule has 0 bridgehead atoms. The number of aromatic nitrogens is 6. The van der Waals surface area contributed by atoms with Gasteiger partial charge >= 0.3 is 0 Å². The summed E-state index contributed by atoms with van der Waals surface area (Å²) in [6.45, 7) is 11.2. The predicted octanol–water partition coefficient (Wildman–Crippen LogP) is 7.15. The highest BCUT2D eigenvalue weighted by atomic mass is 127. The summed E-state index contributed by atoms with van der Waals surface area (Å²) in [5, 5.41) is 7.97. The second-order valence-corrected chi connectivity index (χ2v) is 18.9. The van der Waals surface area contributed by atoms with Crippen molar-refractivity contribution in [3.05, 3.63) is 90.1 Å². The van der Waals surface area contributed by atoms with Gasteiger partial charge in [0.05, 0.1) is 59.7 Å². The number of ether oxygens (including phenoxy) is 4. The van der Waals surface area contributed by atoms with E-state index in [0.29, 0.717) is 139 Å². The Morgan fingerprint density at radius 1 is 0.623 bits per heavy atom. The summed E-state index contributed by atoms with van der Waals surface area (Å²) in [4.78, 5) is 77.2. The molecule has 2 aromatic carbocycles. The molecular weight excluding hydrogens is 1190 g/mol. The molecule has 6 heterocycles. The van der Waals surface area contributed by atoms with E-state index in [2.05, 4.69) is 52.9 Å². The summed E-state index contributed by atoms with van der Waals surface area (Å²) in [6.07, 6.45) is 11.2. The fourth-order valence-electron chi connectivity index (χ4n) is 9.07. The highest BCUT2D eigenvalue weighted by Gasteiger charge is 2.27. The number of amides is 2. The van der Waals surface area contributed by atoms with Crippen LogP contribution in [-0.2, 0) is 22.7 Å². The number of methoxy groups -OCH3 is 4. The van der Waals surface area contributed by atoms with Crippen LogP contribution in [0.2, 0.25) is 20.1 Å². The Kier molecular flexibility index (Phi) is 21.4. The van der Waals surface area contributed by atoms with Crippen molar-refractivity contribution in [1.29, 1.82) is 0 Å². The van der Waals surface area contributed by atoms with Gasteiger partial charge in [-0.3, -0.25) is 38.1 Å². The molecule has 2 amide bonds. The van der Waals surface area contributed by atoms with Gasteiger partial charge in [0.1, 0.15) is 34.3 Å². The molecule has 0 unspecified atom stereocenters. The second-order valence-electron chi connectivity index (χ2n) is 17.4. The molecule has 8 rings (SSSR count). The molecule has 2 fully saturated rings. The van der Waals surface area contributed by atoms with Crippen LogP contribution in [0.15, 0.2) is 58.9 Å². The van der Waals surface area contributed by atoms with Crippen LogP contribution in [0.5, 0.6) is 23.0 Å². The van der Waals surface area contributed by atoms with Gasteiger partial charge in [0.2, 0.25) is 17.8 Å². The van der Waals surface area contributed by atoms with E-state index >= 15 is 0 Å². The minimum absolute atomic E-state index is 0. The molecular formula is C52H59Cl4IN12O8. The molecule has 6 aromatic rings. The quantitative estimate of drug-likeness (QED) is 0.0529. The number of hydrogen-bond acceptors (Lipinski definition) is 16. The molecule has 25 heteroatoms. The molecule has 0 atom stereocenters. The number of carbonyl (C=O) groups excluding carboxylic acids is 2. The van der Waals surface area contributed by atoms with Crippen LogP contribution >= 0.6 is 70.4 Å². The summed E-state index contributed by atoms with van der Waals surface area (Å²) >= 11 is 26.6. The highest BCUT2D eigenvalue weighted by molar-refractivity contribution is 14.0. The SMILES string of the molecule is C#CC(=O)N1CCN(CCCn2c(=O)c(-c3c(Cl)c(OC)cc(OC)c3Cl)cc3cnc(NC)nc32)CC1.C=CC(=O)N1CCN(CCCn2c(=O)c(-c3c(Cl)c(OC)cc(OC)c3Cl)cc3cnc(NC)nc32)CC1.I. The molecule has 0 radical (unpaired) electrons. The van der Waals surface area contributed by atoms with Crippen LogP contribution in [0.3, 0.4) is 0 Å². The molecule has 4 aromatic heterocycles. The Hall–Kier alpha value is -6.13. The zero-order valence-corrected chi connectivity index (χ0v) is 48.7. The fraction of sp³-hybridized carbons (Fsp3) is 0.385. The summed E-state index contributed by atoms with van der Waals surface area (Å²) < 4.78 is 24.9. The maximum Gasteiger partial charge on any atom is 0.298 e. The maximum absolute atomic E-state index is 13.9. The number of benzene rings is 2. The number of rotatable bonds is 17. The number of nitrogens with zero attached hydrogens (tertiary/aromatic N) is 10. The molecule has 410 valence electrons. The fourth-order valence-corrected chi connectivity index (χ4v) is 10.5. The van der Waals surface area contributed by atoms with E-state index in [0.717, 1.165) is 26.2 Å². The standard InChI is InChI=1S/C26H30Cl2N6O4.C26H28Cl2N6O4.HI/c2*1-5-20(35)33-11-9-32(10-12-33)7-6-8-34-24-16(15-30-26(29-2)31-24)13-17(25(34)36)21-22(27)18(37-3)14-19(38-4)23(21)28;/h5,13-15H,1,6-12H2,2-4H3,(H,29,30,31);1,13-15H,6-12H2,2-4H3,(H,29,30,31);1H. The maximum atomic E-state index is 13.9. The Labute approximate surface area is 482 Å². The van der Waals surface area contributed by atoms with E-state index < -0.39 is 0 Å². The summed E-state index contributed by atoms with van der Waals surface area (Å²) in [7, 11) is 9.36. The number of carbonyl (C=O) groups is 2. The Bertz CT molecular complexity index is 3270. The predicted molar refractivity (Wildman–Crippen MR) is 314 cm³/mol. The smallest absolute Gasteiger partial charge is 0.298 e. The van der Waals surface area contributed by atoms with Crippen LogP contribution < -0.4 is 40.7 Å². The first-order valence-electron chi connectivity index (χ1n) is 24.1. The van der Waals surface area contributed by atoms with E-state index in [1.807, 2.05) is 0 Å². The van der Waals surface area contributed by atoms with Gasteiger partial charge in [-0.05, 0) is 50.1 Å². The summed E-state index contributed by atoms with van der Waals surface area (Å²) in [5.74, 6) is 3.97. The molecule has 2 aliphatic rings. The number of halogens is 5. The highest BCUT2D eigenvalue weighted by Crippen LogP contribution is 2.47. The van der Waals surface area contributed by atoms with Crippen LogP contribution in [0.1, 0.15) is 12.8 Å². The first-order chi connectivity index (χ1) is 36.6. The van der Waals surface area contributed by atoms with Gasteiger partial charge in [0.15, 0.2) is 0 Å². The molecule has 77 heavy (non-hydrogen) atoms. The average Bonchev–Trinajstić information content (AvgIpc) is 3.46. The van der Waals surface area contributed by atoms with Gasteiger partial charge < -0.3 is 39.4 Å².